The SMILES string of the molecule is COc1ccc(NC(=O)COc2ccc(/C=N\NC(=O)c3cccc([N+](=O)[O-])c3)cc2)cc1. The van der Waals surface area contributed by atoms with Crippen LogP contribution >= 0.6 is 0 Å². The van der Waals surface area contributed by atoms with Gasteiger partial charge in [-0.05, 0) is 60.2 Å². The number of carbonyl (C=O) groups excluding carboxylic acids is 2. The molecule has 0 fully saturated rings. The molecular formula is C23H20N4O6. The predicted octanol–water partition coefficient (Wildman–Crippen LogP) is 3.38. The van der Waals surface area contributed by atoms with E-state index in [0.29, 0.717) is 22.7 Å². The van der Waals surface area contributed by atoms with Gasteiger partial charge in [0.25, 0.3) is 17.5 Å². The van der Waals surface area contributed by atoms with Crippen LogP contribution in [-0.4, -0.2) is 36.7 Å². The summed E-state index contributed by atoms with van der Waals surface area (Å²) in [6, 6.07) is 19.0. The van der Waals surface area contributed by atoms with Crippen LogP contribution in [0.15, 0.2) is 77.9 Å². The highest BCUT2D eigenvalue weighted by Gasteiger charge is 2.10. The van der Waals surface area contributed by atoms with Crippen molar-refractivity contribution in [2.75, 3.05) is 19.0 Å². The van der Waals surface area contributed by atoms with Crippen LogP contribution in [0.1, 0.15) is 15.9 Å². The highest BCUT2D eigenvalue weighted by Crippen LogP contribution is 2.16. The molecule has 10 heteroatoms. The zero-order valence-corrected chi connectivity index (χ0v) is 17.6. The molecular weight excluding hydrogens is 428 g/mol. The Morgan fingerprint density at radius 2 is 1.73 bits per heavy atom. The molecule has 0 aliphatic carbocycles. The van der Waals surface area contributed by atoms with E-state index in [0.717, 1.165) is 0 Å². The quantitative estimate of drug-likeness (QED) is 0.293. The largest absolute Gasteiger partial charge is 0.497 e. The van der Waals surface area contributed by atoms with Crippen molar-refractivity contribution >= 4 is 29.4 Å². The summed E-state index contributed by atoms with van der Waals surface area (Å²) >= 11 is 0. The molecule has 3 aromatic rings. The molecule has 0 spiro atoms. The molecule has 0 aromatic heterocycles. The van der Waals surface area contributed by atoms with E-state index < -0.39 is 10.8 Å². The zero-order chi connectivity index (χ0) is 23.6. The van der Waals surface area contributed by atoms with Crippen LogP contribution in [0.3, 0.4) is 0 Å². The highest BCUT2D eigenvalue weighted by molar-refractivity contribution is 5.95. The zero-order valence-electron chi connectivity index (χ0n) is 17.6. The van der Waals surface area contributed by atoms with E-state index in [2.05, 4.69) is 15.8 Å². The molecule has 0 heterocycles. The number of carbonyl (C=O) groups is 2. The smallest absolute Gasteiger partial charge is 0.271 e. The third-order valence-electron chi connectivity index (χ3n) is 4.32. The number of nitrogens with one attached hydrogen (secondary N) is 2. The van der Waals surface area contributed by atoms with Crippen molar-refractivity contribution in [3.8, 4) is 11.5 Å². The molecule has 0 saturated heterocycles. The molecule has 0 unspecified atom stereocenters. The van der Waals surface area contributed by atoms with Crippen LogP contribution < -0.4 is 20.2 Å². The van der Waals surface area contributed by atoms with Gasteiger partial charge in [-0.25, -0.2) is 5.43 Å². The Hall–Kier alpha value is -4.73. The van der Waals surface area contributed by atoms with E-state index in [4.69, 9.17) is 9.47 Å². The number of methoxy groups -OCH3 is 1. The molecule has 168 valence electrons. The maximum absolute atomic E-state index is 12.1. The van der Waals surface area contributed by atoms with Crippen molar-refractivity contribution in [2.24, 2.45) is 5.10 Å². The van der Waals surface area contributed by atoms with E-state index in [9.17, 15) is 19.7 Å². The maximum Gasteiger partial charge on any atom is 0.271 e. The molecule has 0 bridgehead atoms. The number of non-ortho nitro benzene ring substituents is 1. The number of benzene rings is 3. The minimum absolute atomic E-state index is 0.123. The molecule has 0 aliphatic heterocycles. The third kappa shape index (κ3) is 6.89. The van der Waals surface area contributed by atoms with Crippen molar-refractivity contribution in [2.45, 2.75) is 0 Å². The van der Waals surface area contributed by atoms with Gasteiger partial charge in [0, 0.05) is 23.4 Å². The van der Waals surface area contributed by atoms with Gasteiger partial charge in [0.1, 0.15) is 11.5 Å². The number of rotatable bonds is 9. The average Bonchev–Trinajstić information content (AvgIpc) is 2.84. The Morgan fingerprint density at radius 1 is 1.03 bits per heavy atom. The van der Waals surface area contributed by atoms with E-state index in [1.54, 1.807) is 55.6 Å². The topological polar surface area (TPSA) is 132 Å². The van der Waals surface area contributed by atoms with Crippen LogP contribution in [0, 0.1) is 10.1 Å². The summed E-state index contributed by atoms with van der Waals surface area (Å²) in [4.78, 5) is 34.3. The number of anilines is 1. The summed E-state index contributed by atoms with van der Waals surface area (Å²) in [6.07, 6.45) is 1.41. The summed E-state index contributed by atoms with van der Waals surface area (Å²) in [6.45, 7) is -0.168. The van der Waals surface area contributed by atoms with E-state index >= 15 is 0 Å². The molecule has 2 N–H and O–H groups in total. The number of amides is 2. The molecule has 3 aromatic carbocycles. The number of nitro groups is 1. The number of nitro benzene ring substituents is 1. The normalized spacial score (nSPS) is 10.5. The fraction of sp³-hybridized carbons (Fsp3) is 0.0870. The minimum atomic E-state index is -0.577. The van der Waals surface area contributed by atoms with Crippen LogP contribution in [-0.2, 0) is 4.79 Å². The second-order valence-electron chi connectivity index (χ2n) is 6.64. The molecule has 10 nitrogen and oxygen atoms in total. The summed E-state index contributed by atoms with van der Waals surface area (Å²) in [5.41, 5.74) is 3.56. The van der Waals surface area contributed by atoms with Gasteiger partial charge < -0.3 is 14.8 Å². The van der Waals surface area contributed by atoms with Crippen LogP contribution in [0.2, 0.25) is 0 Å². The molecule has 0 atom stereocenters. The fourth-order valence-electron chi connectivity index (χ4n) is 2.66. The van der Waals surface area contributed by atoms with Crippen LogP contribution in [0.5, 0.6) is 11.5 Å². The molecule has 0 radical (unpaired) electrons. The molecule has 0 aliphatic rings. The van der Waals surface area contributed by atoms with Gasteiger partial charge in [-0.15, -0.1) is 0 Å². The van der Waals surface area contributed by atoms with Crippen molar-refractivity contribution in [3.63, 3.8) is 0 Å². The Morgan fingerprint density at radius 3 is 2.39 bits per heavy atom. The van der Waals surface area contributed by atoms with Crippen LogP contribution in [0.25, 0.3) is 0 Å². The number of ether oxygens (including phenoxy) is 2. The molecule has 33 heavy (non-hydrogen) atoms. The Kier molecular flexibility index (Phi) is 7.68. The van der Waals surface area contributed by atoms with E-state index in [1.807, 2.05) is 0 Å². The monoisotopic (exact) mass is 448 g/mol. The summed E-state index contributed by atoms with van der Waals surface area (Å²) < 4.78 is 10.5. The lowest BCUT2D eigenvalue weighted by Crippen LogP contribution is -2.20. The van der Waals surface area contributed by atoms with E-state index in [-0.39, 0.29) is 23.8 Å². The van der Waals surface area contributed by atoms with Crippen molar-refractivity contribution in [1.82, 2.24) is 5.43 Å². The highest BCUT2D eigenvalue weighted by atomic mass is 16.6. The Balaban J connectivity index is 1.46. The van der Waals surface area contributed by atoms with Crippen molar-refractivity contribution in [1.29, 1.82) is 0 Å². The van der Waals surface area contributed by atoms with Gasteiger partial charge >= 0.3 is 0 Å². The van der Waals surface area contributed by atoms with Gasteiger partial charge in [0.2, 0.25) is 0 Å². The number of hydrogen-bond donors (Lipinski definition) is 2. The van der Waals surface area contributed by atoms with Crippen molar-refractivity contribution in [3.05, 3.63) is 94.0 Å². The first-order valence-corrected chi connectivity index (χ1v) is 9.69. The van der Waals surface area contributed by atoms with Gasteiger partial charge in [-0.1, -0.05) is 6.07 Å². The lowest BCUT2D eigenvalue weighted by atomic mass is 10.2. The second kappa shape index (κ2) is 11.0. The third-order valence-corrected chi connectivity index (χ3v) is 4.32. The Bertz CT molecular complexity index is 1160. The number of hydrogen-bond acceptors (Lipinski definition) is 7. The summed E-state index contributed by atoms with van der Waals surface area (Å²) in [7, 11) is 1.56. The summed E-state index contributed by atoms with van der Waals surface area (Å²) in [5, 5.41) is 17.4. The molecule has 3 rings (SSSR count). The fourth-order valence-corrected chi connectivity index (χ4v) is 2.66. The predicted molar refractivity (Wildman–Crippen MR) is 122 cm³/mol. The van der Waals surface area contributed by atoms with Gasteiger partial charge in [-0.2, -0.15) is 5.10 Å². The lowest BCUT2D eigenvalue weighted by molar-refractivity contribution is -0.384. The first-order valence-electron chi connectivity index (χ1n) is 9.69. The van der Waals surface area contributed by atoms with Gasteiger partial charge in [-0.3, -0.25) is 19.7 Å². The molecule has 2 amide bonds. The first kappa shape index (κ1) is 22.9. The first-order chi connectivity index (χ1) is 15.9. The maximum atomic E-state index is 12.1. The minimum Gasteiger partial charge on any atom is -0.497 e. The van der Waals surface area contributed by atoms with Gasteiger partial charge in [0.05, 0.1) is 18.2 Å². The Labute approximate surface area is 189 Å². The average molecular weight is 448 g/mol. The molecule has 0 saturated carbocycles. The summed E-state index contributed by atoms with van der Waals surface area (Å²) in [5.74, 6) is 0.293. The van der Waals surface area contributed by atoms with E-state index in [1.165, 1.54) is 30.5 Å². The standard InChI is InChI=1S/C23H20N4O6/c1-32-20-11-7-18(8-12-20)25-22(28)15-33-21-9-5-16(6-10-21)14-24-26-23(29)17-3-2-4-19(13-17)27(30)31/h2-14H,15H2,1H3,(H,25,28)(H,26,29)/b24-14-. The number of nitrogens with zero attached hydrogens (tertiary/aromatic N) is 2. The number of hydrazone groups is 1. The lowest BCUT2D eigenvalue weighted by Gasteiger charge is -2.08. The van der Waals surface area contributed by atoms with Crippen LogP contribution in [0.4, 0.5) is 11.4 Å². The second-order valence-corrected chi connectivity index (χ2v) is 6.64. The van der Waals surface area contributed by atoms with Crippen molar-refractivity contribution < 1.29 is 24.0 Å². The van der Waals surface area contributed by atoms with Gasteiger partial charge in [0.15, 0.2) is 6.61 Å².